The van der Waals surface area contributed by atoms with Gasteiger partial charge in [0.05, 0.1) is 11.6 Å². The zero-order valence-corrected chi connectivity index (χ0v) is 12.8. The van der Waals surface area contributed by atoms with E-state index in [1.807, 2.05) is 14.0 Å². The van der Waals surface area contributed by atoms with E-state index in [4.69, 9.17) is 10.2 Å². The first kappa shape index (κ1) is 14.5. The Bertz CT molecular complexity index is 677. The molecule has 0 saturated carbocycles. The van der Waals surface area contributed by atoms with Crippen LogP contribution in [-0.2, 0) is 0 Å². The molecule has 1 aliphatic rings. The van der Waals surface area contributed by atoms with E-state index in [0.29, 0.717) is 11.4 Å². The van der Waals surface area contributed by atoms with Gasteiger partial charge in [-0.1, -0.05) is 0 Å². The first-order valence-corrected chi connectivity index (χ1v) is 7.48. The number of nitriles is 1. The van der Waals surface area contributed by atoms with Crippen LogP contribution in [0.25, 0.3) is 5.82 Å². The maximum atomic E-state index is 8.89. The quantitative estimate of drug-likeness (QED) is 0.919. The summed E-state index contributed by atoms with van der Waals surface area (Å²) in [6.07, 6.45) is 3.92. The predicted octanol–water partition coefficient (Wildman–Crippen LogP) is 1.41. The van der Waals surface area contributed by atoms with Gasteiger partial charge in [-0.15, -0.1) is 5.10 Å². The molecule has 3 rings (SSSR count). The fourth-order valence-electron chi connectivity index (χ4n) is 2.52. The van der Waals surface area contributed by atoms with E-state index >= 15 is 0 Å². The molecule has 7 nitrogen and oxygen atoms in total. The number of hydrogen-bond acceptors (Lipinski definition) is 6. The summed E-state index contributed by atoms with van der Waals surface area (Å²) < 4.78 is 1.76. The van der Waals surface area contributed by atoms with Crippen LogP contribution in [0.4, 0.5) is 5.95 Å². The fourth-order valence-corrected chi connectivity index (χ4v) is 2.52. The highest BCUT2D eigenvalue weighted by molar-refractivity contribution is 5.36. The molecule has 1 fully saturated rings. The standard InChI is InChI=1S/C15H19N7/c1-11(17-2)14-19-15(21-7-3-4-8-21)20-22(14)13-6-5-12(9-16)10-18-13/h5-6,10-11,17H,3-4,7-8H2,1-2H3/t11-/m0/s1. The van der Waals surface area contributed by atoms with Crippen molar-refractivity contribution in [2.45, 2.75) is 25.8 Å². The SMILES string of the molecule is CN[C@@H](C)c1nc(N2CCCC2)nn1-c1ccc(C#N)cn1. The summed E-state index contributed by atoms with van der Waals surface area (Å²) in [5.74, 6) is 2.25. The van der Waals surface area contributed by atoms with Crippen molar-refractivity contribution >= 4 is 5.95 Å². The summed E-state index contributed by atoms with van der Waals surface area (Å²) in [6, 6.07) is 5.67. The molecule has 1 aliphatic heterocycles. The Balaban J connectivity index is 2.01. The number of nitrogens with zero attached hydrogens (tertiary/aromatic N) is 6. The Morgan fingerprint density at radius 3 is 2.68 bits per heavy atom. The molecular weight excluding hydrogens is 278 g/mol. The van der Waals surface area contributed by atoms with Gasteiger partial charge in [0.2, 0.25) is 5.95 Å². The van der Waals surface area contributed by atoms with Gasteiger partial charge in [-0.2, -0.15) is 14.9 Å². The molecule has 0 bridgehead atoms. The Morgan fingerprint density at radius 1 is 1.32 bits per heavy atom. The lowest BCUT2D eigenvalue weighted by molar-refractivity contribution is 0.585. The molecule has 0 spiro atoms. The van der Waals surface area contributed by atoms with Crippen molar-refractivity contribution in [1.29, 1.82) is 5.26 Å². The second kappa shape index (κ2) is 6.12. The Labute approximate surface area is 129 Å². The first-order valence-electron chi connectivity index (χ1n) is 7.48. The minimum atomic E-state index is 0.0568. The summed E-state index contributed by atoms with van der Waals surface area (Å²) in [5.41, 5.74) is 0.534. The predicted molar refractivity (Wildman–Crippen MR) is 82.8 cm³/mol. The lowest BCUT2D eigenvalue weighted by Crippen LogP contribution is -2.19. The molecule has 3 heterocycles. The molecule has 114 valence electrons. The molecule has 2 aromatic rings. The van der Waals surface area contributed by atoms with Crippen LogP contribution in [0.5, 0.6) is 0 Å². The topological polar surface area (TPSA) is 82.7 Å². The van der Waals surface area contributed by atoms with Crippen LogP contribution in [0.2, 0.25) is 0 Å². The first-order chi connectivity index (χ1) is 10.7. The molecule has 1 saturated heterocycles. The Morgan fingerprint density at radius 2 is 2.09 bits per heavy atom. The summed E-state index contributed by atoms with van der Waals surface area (Å²) in [4.78, 5) is 11.2. The molecule has 0 unspecified atom stereocenters. The van der Waals surface area contributed by atoms with Crippen LogP contribution in [0, 0.1) is 11.3 Å². The zero-order valence-electron chi connectivity index (χ0n) is 12.8. The summed E-state index contributed by atoms with van der Waals surface area (Å²) >= 11 is 0. The van der Waals surface area contributed by atoms with Crippen LogP contribution in [0.15, 0.2) is 18.3 Å². The summed E-state index contributed by atoms with van der Waals surface area (Å²) in [7, 11) is 1.89. The van der Waals surface area contributed by atoms with Crippen molar-refractivity contribution in [3.05, 3.63) is 29.7 Å². The van der Waals surface area contributed by atoms with Crippen molar-refractivity contribution < 1.29 is 0 Å². The largest absolute Gasteiger partial charge is 0.340 e. The minimum absolute atomic E-state index is 0.0568. The van der Waals surface area contributed by atoms with Crippen molar-refractivity contribution in [3.63, 3.8) is 0 Å². The van der Waals surface area contributed by atoms with E-state index in [2.05, 4.69) is 26.4 Å². The lowest BCUT2D eigenvalue weighted by Gasteiger charge is -2.11. The van der Waals surface area contributed by atoms with Crippen molar-refractivity contribution in [2.75, 3.05) is 25.0 Å². The number of nitrogens with one attached hydrogen (secondary N) is 1. The molecule has 0 aliphatic carbocycles. The summed E-state index contributed by atoms with van der Waals surface area (Å²) in [5, 5.41) is 16.7. The van der Waals surface area contributed by atoms with Gasteiger partial charge in [0.1, 0.15) is 6.07 Å². The van der Waals surface area contributed by atoms with Crippen molar-refractivity contribution in [3.8, 4) is 11.9 Å². The average Bonchev–Trinajstić information content (AvgIpc) is 3.23. The molecule has 22 heavy (non-hydrogen) atoms. The number of aromatic nitrogens is 4. The maximum Gasteiger partial charge on any atom is 0.245 e. The highest BCUT2D eigenvalue weighted by Gasteiger charge is 2.22. The van der Waals surface area contributed by atoms with Crippen LogP contribution < -0.4 is 10.2 Å². The van der Waals surface area contributed by atoms with Crippen LogP contribution >= 0.6 is 0 Å². The monoisotopic (exact) mass is 297 g/mol. The van der Waals surface area contributed by atoms with Gasteiger partial charge < -0.3 is 10.2 Å². The Kier molecular flexibility index (Phi) is 4.02. The molecule has 2 aromatic heterocycles. The van der Waals surface area contributed by atoms with Gasteiger partial charge in [0.25, 0.3) is 0 Å². The third-order valence-electron chi connectivity index (χ3n) is 3.92. The molecule has 1 N–H and O–H groups in total. The van der Waals surface area contributed by atoms with Crippen LogP contribution in [0.1, 0.15) is 37.2 Å². The van der Waals surface area contributed by atoms with E-state index in [1.54, 1.807) is 23.0 Å². The molecule has 0 aromatic carbocycles. The van der Waals surface area contributed by atoms with E-state index in [1.165, 1.54) is 12.8 Å². The highest BCUT2D eigenvalue weighted by Crippen LogP contribution is 2.21. The molecule has 1 atom stereocenters. The number of anilines is 1. The molecule has 0 amide bonds. The van der Waals surface area contributed by atoms with Gasteiger partial charge in [0.15, 0.2) is 11.6 Å². The van der Waals surface area contributed by atoms with Gasteiger partial charge in [-0.05, 0) is 38.9 Å². The molecule has 7 heteroatoms. The van der Waals surface area contributed by atoms with Gasteiger partial charge in [0, 0.05) is 19.3 Å². The third kappa shape index (κ3) is 2.65. The molecule has 0 radical (unpaired) electrons. The van der Waals surface area contributed by atoms with Gasteiger partial charge in [-0.25, -0.2) is 4.98 Å². The molecular formula is C15H19N7. The minimum Gasteiger partial charge on any atom is -0.340 e. The fraction of sp³-hybridized carbons (Fsp3) is 0.467. The third-order valence-corrected chi connectivity index (χ3v) is 3.92. The van der Waals surface area contributed by atoms with Gasteiger partial charge in [-0.3, -0.25) is 0 Å². The van der Waals surface area contributed by atoms with Crippen molar-refractivity contribution in [2.24, 2.45) is 0 Å². The number of rotatable bonds is 4. The maximum absolute atomic E-state index is 8.89. The van der Waals surface area contributed by atoms with Crippen LogP contribution in [0.3, 0.4) is 0 Å². The van der Waals surface area contributed by atoms with Crippen molar-refractivity contribution in [1.82, 2.24) is 25.1 Å². The van der Waals surface area contributed by atoms with E-state index < -0.39 is 0 Å². The van der Waals surface area contributed by atoms with E-state index in [0.717, 1.165) is 24.9 Å². The summed E-state index contributed by atoms with van der Waals surface area (Å²) in [6.45, 7) is 4.04. The van der Waals surface area contributed by atoms with Crippen LogP contribution in [-0.4, -0.2) is 39.9 Å². The number of hydrogen-bond donors (Lipinski definition) is 1. The smallest absolute Gasteiger partial charge is 0.245 e. The second-order valence-corrected chi connectivity index (χ2v) is 5.40. The van der Waals surface area contributed by atoms with E-state index in [9.17, 15) is 0 Å². The zero-order chi connectivity index (χ0) is 15.5. The average molecular weight is 297 g/mol. The van der Waals surface area contributed by atoms with E-state index in [-0.39, 0.29) is 6.04 Å². The Hall–Kier alpha value is -2.46. The highest BCUT2D eigenvalue weighted by atomic mass is 15.5. The lowest BCUT2D eigenvalue weighted by atomic mass is 10.3. The number of pyridine rings is 1. The van der Waals surface area contributed by atoms with Gasteiger partial charge >= 0.3 is 0 Å². The normalized spacial score (nSPS) is 15.8. The second-order valence-electron chi connectivity index (χ2n) is 5.40.